The van der Waals surface area contributed by atoms with Crippen LogP contribution in [0.3, 0.4) is 0 Å². The Balaban J connectivity index is 2.07. The number of aromatic nitrogens is 4. The normalized spacial score (nSPS) is 21.4. The number of thioether (sulfide) groups is 1. The Morgan fingerprint density at radius 2 is 2.17 bits per heavy atom. The van der Waals surface area contributed by atoms with Gasteiger partial charge in [-0.3, -0.25) is 4.90 Å². The highest BCUT2D eigenvalue weighted by atomic mass is 32.2. The van der Waals surface area contributed by atoms with Gasteiger partial charge < -0.3 is 9.47 Å². The molecule has 1 aliphatic rings. The van der Waals surface area contributed by atoms with Gasteiger partial charge >= 0.3 is 12.1 Å². The van der Waals surface area contributed by atoms with Crippen molar-refractivity contribution in [2.45, 2.75) is 62.6 Å². The molecule has 10 heteroatoms. The van der Waals surface area contributed by atoms with Gasteiger partial charge in [-0.05, 0) is 45.7 Å². The maximum atomic E-state index is 12.4. The van der Waals surface area contributed by atoms with Gasteiger partial charge in [-0.1, -0.05) is 11.8 Å². The van der Waals surface area contributed by atoms with E-state index >= 15 is 0 Å². The predicted octanol–water partition coefficient (Wildman–Crippen LogP) is 1.62. The third kappa shape index (κ3) is 5.08. The molecule has 2 rings (SSSR count). The van der Waals surface area contributed by atoms with Crippen LogP contribution < -0.4 is 0 Å². The fraction of sp³-hybridized carbons (Fsp3) is 0.786. The number of nitrogens with one attached hydrogen (secondary N) is 1. The van der Waals surface area contributed by atoms with Crippen molar-refractivity contribution >= 4 is 23.8 Å². The zero-order valence-corrected chi connectivity index (χ0v) is 15.1. The SMILES string of the molecule is CCOC(=O)C1CC(Sc2nn[nH]n2)CCN1C(=O)OC(C)(C)C. The first-order valence-electron chi connectivity index (χ1n) is 7.86. The Labute approximate surface area is 144 Å². The molecule has 0 bridgehead atoms. The largest absolute Gasteiger partial charge is 0.464 e. The summed E-state index contributed by atoms with van der Waals surface area (Å²) in [6.45, 7) is 7.80. The van der Waals surface area contributed by atoms with E-state index < -0.39 is 23.7 Å². The Bertz CT molecular complexity index is 560. The van der Waals surface area contributed by atoms with E-state index in [-0.39, 0.29) is 11.9 Å². The highest BCUT2D eigenvalue weighted by Gasteiger charge is 2.39. The first-order chi connectivity index (χ1) is 11.3. The summed E-state index contributed by atoms with van der Waals surface area (Å²) >= 11 is 1.43. The third-order valence-electron chi connectivity index (χ3n) is 3.34. The summed E-state index contributed by atoms with van der Waals surface area (Å²) in [4.78, 5) is 26.2. The molecule has 2 heterocycles. The molecule has 1 amide bonds. The zero-order chi connectivity index (χ0) is 17.7. The van der Waals surface area contributed by atoms with Crippen LogP contribution in [0.25, 0.3) is 0 Å². The quantitative estimate of drug-likeness (QED) is 0.810. The van der Waals surface area contributed by atoms with Crippen molar-refractivity contribution in [3.63, 3.8) is 0 Å². The Hall–Kier alpha value is -1.84. The molecule has 1 aliphatic heterocycles. The molecule has 1 fully saturated rings. The van der Waals surface area contributed by atoms with Gasteiger partial charge in [0.15, 0.2) is 0 Å². The van der Waals surface area contributed by atoms with E-state index in [0.717, 1.165) is 0 Å². The standard InChI is InChI=1S/C14H23N5O4S/c1-5-22-11(20)10-8-9(24-12-15-17-18-16-12)6-7-19(10)13(21)23-14(2,3)4/h9-10H,5-8H2,1-4H3,(H,15,16,17,18). The first kappa shape index (κ1) is 18.5. The second-order valence-corrected chi connectivity index (χ2v) is 7.67. The van der Waals surface area contributed by atoms with E-state index in [2.05, 4.69) is 20.6 Å². The number of carbonyl (C=O) groups is 2. The van der Waals surface area contributed by atoms with Gasteiger partial charge in [0.05, 0.1) is 6.61 Å². The van der Waals surface area contributed by atoms with Gasteiger partial charge in [0.1, 0.15) is 11.6 Å². The Morgan fingerprint density at radius 1 is 1.42 bits per heavy atom. The van der Waals surface area contributed by atoms with Crippen LogP contribution in [0.4, 0.5) is 4.79 Å². The number of hydrogen-bond donors (Lipinski definition) is 1. The minimum Gasteiger partial charge on any atom is -0.464 e. The maximum absolute atomic E-state index is 12.4. The summed E-state index contributed by atoms with van der Waals surface area (Å²) in [5.41, 5.74) is -0.619. The number of esters is 1. The van der Waals surface area contributed by atoms with E-state index in [1.807, 2.05) is 0 Å². The molecule has 0 saturated carbocycles. The minimum absolute atomic E-state index is 0.0932. The van der Waals surface area contributed by atoms with Crippen LogP contribution >= 0.6 is 11.8 Å². The molecule has 2 atom stereocenters. The molecule has 0 aromatic carbocycles. The van der Waals surface area contributed by atoms with Crippen molar-refractivity contribution in [3.8, 4) is 0 Å². The molecule has 2 unspecified atom stereocenters. The van der Waals surface area contributed by atoms with Gasteiger partial charge in [0.2, 0.25) is 5.16 Å². The predicted molar refractivity (Wildman–Crippen MR) is 86.4 cm³/mol. The van der Waals surface area contributed by atoms with Crippen LogP contribution in [0, 0.1) is 0 Å². The van der Waals surface area contributed by atoms with Crippen LogP contribution in [0.15, 0.2) is 5.16 Å². The second-order valence-electron chi connectivity index (χ2n) is 6.40. The average Bonchev–Trinajstić information content (AvgIpc) is 2.98. The number of hydrogen-bond acceptors (Lipinski definition) is 8. The number of aromatic amines is 1. The van der Waals surface area contributed by atoms with Crippen molar-refractivity contribution in [2.24, 2.45) is 0 Å². The lowest BCUT2D eigenvalue weighted by atomic mass is 10.0. The number of ether oxygens (including phenoxy) is 2. The number of piperidine rings is 1. The number of tetrazole rings is 1. The van der Waals surface area contributed by atoms with Crippen molar-refractivity contribution in [1.29, 1.82) is 0 Å². The lowest BCUT2D eigenvalue weighted by molar-refractivity contribution is -0.150. The summed E-state index contributed by atoms with van der Waals surface area (Å²) in [6, 6.07) is -0.669. The first-order valence-corrected chi connectivity index (χ1v) is 8.74. The molecular weight excluding hydrogens is 334 g/mol. The zero-order valence-electron chi connectivity index (χ0n) is 14.3. The monoisotopic (exact) mass is 357 g/mol. The van der Waals surface area contributed by atoms with E-state index in [4.69, 9.17) is 9.47 Å². The minimum atomic E-state index is -0.669. The van der Waals surface area contributed by atoms with Gasteiger partial charge in [0.25, 0.3) is 0 Å². The van der Waals surface area contributed by atoms with Crippen LogP contribution in [0.1, 0.15) is 40.5 Å². The smallest absolute Gasteiger partial charge is 0.411 e. The molecule has 1 saturated heterocycles. The summed E-state index contributed by atoms with van der Waals surface area (Å²) in [6.07, 6.45) is 0.662. The topological polar surface area (TPSA) is 110 Å². The van der Waals surface area contributed by atoms with Crippen molar-refractivity contribution in [1.82, 2.24) is 25.5 Å². The molecule has 0 spiro atoms. The third-order valence-corrected chi connectivity index (χ3v) is 4.48. The average molecular weight is 357 g/mol. The summed E-state index contributed by atoms with van der Waals surface area (Å²) in [5, 5.41) is 14.4. The summed E-state index contributed by atoms with van der Waals surface area (Å²) < 4.78 is 10.5. The van der Waals surface area contributed by atoms with Gasteiger partial charge in [-0.2, -0.15) is 5.21 Å². The van der Waals surface area contributed by atoms with E-state index in [0.29, 0.717) is 24.5 Å². The van der Waals surface area contributed by atoms with Crippen LogP contribution in [-0.2, 0) is 14.3 Å². The molecular formula is C14H23N5O4S. The molecule has 0 radical (unpaired) electrons. The number of rotatable bonds is 4. The number of nitrogens with zero attached hydrogens (tertiary/aromatic N) is 4. The molecule has 1 aromatic heterocycles. The van der Waals surface area contributed by atoms with E-state index in [9.17, 15) is 9.59 Å². The van der Waals surface area contributed by atoms with Gasteiger partial charge in [-0.25, -0.2) is 9.59 Å². The highest BCUT2D eigenvalue weighted by molar-refractivity contribution is 7.99. The lowest BCUT2D eigenvalue weighted by Gasteiger charge is -2.37. The van der Waals surface area contributed by atoms with E-state index in [1.165, 1.54) is 16.7 Å². The van der Waals surface area contributed by atoms with Gasteiger partial charge in [0, 0.05) is 11.8 Å². The van der Waals surface area contributed by atoms with Crippen molar-refractivity contribution < 1.29 is 19.1 Å². The molecule has 0 aliphatic carbocycles. The molecule has 24 heavy (non-hydrogen) atoms. The fourth-order valence-corrected chi connectivity index (χ4v) is 3.37. The van der Waals surface area contributed by atoms with Crippen LogP contribution in [0.2, 0.25) is 0 Å². The summed E-state index contributed by atoms with van der Waals surface area (Å²) in [7, 11) is 0. The highest BCUT2D eigenvalue weighted by Crippen LogP contribution is 2.32. The molecule has 134 valence electrons. The number of likely N-dealkylation sites (tertiary alicyclic amines) is 1. The molecule has 1 N–H and O–H groups in total. The number of H-pyrrole nitrogens is 1. The molecule has 9 nitrogen and oxygen atoms in total. The van der Waals surface area contributed by atoms with Crippen molar-refractivity contribution in [3.05, 3.63) is 0 Å². The van der Waals surface area contributed by atoms with Crippen LogP contribution in [0.5, 0.6) is 0 Å². The summed E-state index contributed by atoms with van der Waals surface area (Å²) in [5.74, 6) is -0.415. The van der Waals surface area contributed by atoms with Crippen molar-refractivity contribution in [2.75, 3.05) is 13.2 Å². The second kappa shape index (κ2) is 7.82. The lowest BCUT2D eigenvalue weighted by Crippen LogP contribution is -2.52. The Kier molecular flexibility index (Phi) is 6.03. The number of amides is 1. The van der Waals surface area contributed by atoms with Crippen LogP contribution in [-0.4, -0.2) is 67.6 Å². The van der Waals surface area contributed by atoms with Gasteiger partial charge in [-0.15, -0.1) is 10.2 Å². The fourth-order valence-electron chi connectivity index (χ4n) is 2.39. The maximum Gasteiger partial charge on any atom is 0.411 e. The van der Waals surface area contributed by atoms with E-state index in [1.54, 1.807) is 27.7 Å². The molecule has 1 aromatic rings. The number of carbonyl (C=O) groups excluding carboxylic acids is 2. The Morgan fingerprint density at radius 3 is 2.75 bits per heavy atom.